The Morgan fingerprint density at radius 1 is 1.18 bits per heavy atom. The molecule has 1 atom stereocenters. The van der Waals surface area contributed by atoms with Gasteiger partial charge in [-0.25, -0.2) is 9.78 Å². The lowest BCUT2D eigenvalue weighted by atomic mass is 9.96. The van der Waals surface area contributed by atoms with Gasteiger partial charge in [0.25, 0.3) is 5.91 Å². The number of aromatic nitrogens is 1. The van der Waals surface area contributed by atoms with Crippen LogP contribution in [0.1, 0.15) is 27.2 Å². The molecule has 3 amide bonds. The summed E-state index contributed by atoms with van der Waals surface area (Å²) in [6.45, 7) is 1.84. The molecule has 0 saturated carbocycles. The smallest absolute Gasteiger partial charge is 0.322 e. The first kappa shape index (κ1) is 12.9. The summed E-state index contributed by atoms with van der Waals surface area (Å²) in [5.41, 5.74) is 3.12. The van der Waals surface area contributed by atoms with Crippen molar-refractivity contribution in [2.24, 2.45) is 0 Å². The number of rotatable bonds is 1. The van der Waals surface area contributed by atoms with Crippen LogP contribution in [-0.4, -0.2) is 28.7 Å². The Morgan fingerprint density at radius 2 is 1.91 bits per heavy atom. The van der Waals surface area contributed by atoms with E-state index in [0.717, 1.165) is 33.9 Å². The monoisotopic (exact) mass is 295 g/mol. The summed E-state index contributed by atoms with van der Waals surface area (Å²) < 4.78 is 0. The third-order valence-electron chi connectivity index (χ3n) is 4.48. The highest BCUT2D eigenvalue weighted by Crippen LogP contribution is 2.34. The van der Waals surface area contributed by atoms with Crippen LogP contribution < -0.4 is 10.6 Å². The number of hydrogen-bond acceptors (Lipinski definition) is 4. The van der Waals surface area contributed by atoms with E-state index in [1.807, 2.05) is 25.1 Å². The fourth-order valence-corrected chi connectivity index (χ4v) is 3.37. The highest BCUT2D eigenvalue weighted by Gasteiger charge is 2.50. The van der Waals surface area contributed by atoms with E-state index in [4.69, 9.17) is 0 Å². The molecule has 1 aromatic carbocycles. The molecule has 0 bridgehead atoms. The fourth-order valence-electron chi connectivity index (χ4n) is 3.37. The molecule has 2 N–H and O–H groups in total. The minimum Gasteiger partial charge on any atom is -0.323 e. The molecule has 2 aromatic rings. The molecule has 1 spiro atoms. The Labute approximate surface area is 125 Å². The quantitative estimate of drug-likeness (QED) is 0.607. The van der Waals surface area contributed by atoms with Crippen molar-refractivity contribution in [2.45, 2.75) is 25.3 Å². The third-order valence-corrected chi connectivity index (χ3v) is 4.48. The molecule has 4 rings (SSSR count). The molecule has 22 heavy (non-hydrogen) atoms. The van der Waals surface area contributed by atoms with Crippen molar-refractivity contribution in [1.82, 2.24) is 15.6 Å². The van der Waals surface area contributed by atoms with Crippen molar-refractivity contribution in [1.29, 1.82) is 0 Å². The molecule has 0 radical (unpaired) electrons. The van der Waals surface area contributed by atoms with Crippen molar-refractivity contribution in [3.8, 4) is 0 Å². The summed E-state index contributed by atoms with van der Waals surface area (Å²) in [7, 11) is 0. The van der Waals surface area contributed by atoms with Gasteiger partial charge >= 0.3 is 6.03 Å². The third kappa shape index (κ3) is 1.67. The molecule has 1 aliphatic heterocycles. The summed E-state index contributed by atoms with van der Waals surface area (Å²) in [6, 6.07) is 5.37. The van der Waals surface area contributed by atoms with Crippen LogP contribution in [0.15, 0.2) is 18.2 Å². The van der Waals surface area contributed by atoms with Crippen LogP contribution in [0.25, 0.3) is 10.9 Å². The average molecular weight is 295 g/mol. The van der Waals surface area contributed by atoms with Crippen molar-refractivity contribution in [2.75, 3.05) is 0 Å². The fraction of sp³-hybridized carbons (Fsp3) is 0.250. The zero-order valence-corrected chi connectivity index (χ0v) is 11.9. The molecule has 1 aliphatic carbocycles. The summed E-state index contributed by atoms with van der Waals surface area (Å²) in [6.07, 6.45) is 1.67. The van der Waals surface area contributed by atoms with E-state index < -0.39 is 11.6 Å². The second-order valence-corrected chi connectivity index (χ2v) is 5.97. The number of imide groups is 1. The Balaban J connectivity index is 1.84. The number of nitrogens with zero attached hydrogens (tertiary/aromatic N) is 1. The number of carbonyl (C=O) groups excluding carboxylic acids is 3. The first-order valence-electron chi connectivity index (χ1n) is 7.03. The van der Waals surface area contributed by atoms with Crippen molar-refractivity contribution in [3.63, 3.8) is 0 Å². The van der Waals surface area contributed by atoms with Crippen molar-refractivity contribution >= 4 is 29.1 Å². The number of fused-ring (bicyclic) bond motifs is 2. The number of carbonyl (C=O) groups is 3. The van der Waals surface area contributed by atoms with Crippen LogP contribution in [0.2, 0.25) is 0 Å². The molecule has 1 unspecified atom stereocenters. The first-order valence-corrected chi connectivity index (χ1v) is 7.03. The van der Waals surface area contributed by atoms with Crippen LogP contribution in [-0.2, 0) is 17.6 Å². The second kappa shape index (κ2) is 4.13. The minimum absolute atomic E-state index is 0.282. The van der Waals surface area contributed by atoms with Crippen LogP contribution in [0.3, 0.4) is 0 Å². The van der Waals surface area contributed by atoms with Crippen LogP contribution >= 0.6 is 0 Å². The number of aldehydes is 1. The molecule has 1 aromatic heterocycles. The summed E-state index contributed by atoms with van der Waals surface area (Å²) in [5, 5.41) is 5.97. The Kier molecular flexibility index (Phi) is 2.43. The van der Waals surface area contributed by atoms with Crippen LogP contribution in [0, 0.1) is 6.92 Å². The number of pyridine rings is 1. The van der Waals surface area contributed by atoms with E-state index in [2.05, 4.69) is 15.6 Å². The Hall–Kier alpha value is -2.76. The van der Waals surface area contributed by atoms with Gasteiger partial charge in [0.15, 0.2) is 6.29 Å². The topological polar surface area (TPSA) is 88.2 Å². The Morgan fingerprint density at radius 3 is 2.55 bits per heavy atom. The number of aryl methyl sites for hydroxylation is 1. The highest BCUT2D eigenvalue weighted by atomic mass is 16.2. The zero-order valence-electron chi connectivity index (χ0n) is 11.9. The van der Waals surface area contributed by atoms with Gasteiger partial charge in [0.1, 0.15) is 11.2 Å². The van der Waals surface area contributed by atoms with Gasteiger partial charge in [-0.15, -0.1) is 0 Å². The summed E-state index contributed by atoms with van der Waals surface area (Å²) >= 11 is 0. The average Bonchev–Trinajstić information content (AvgIpc) is 2.94. The van der Waals surface area contributed by atoms with Gasteiger partial charge in [0.05, 0.1) is 5.52 Å². The lowest BCUT2D eigenvalue weighted by Crippen LogP contribution is -2.47. The van der Waals surface area contributed by atoms with Gasteiger partial charge in [0.2, 0.25) is 0 Å². The van der Waals surface area contributed by atoms with Gasteiger partial charge in [0, 0.05) is 18.2 Å². The lowest BCUT2D eigenvalue weighted by molar-refractivity contribution is -0.123. The van der Waals surface area contributed by atoms with Gasteiger partial charge in [-0.3, -0.25) is 14.9 Å². The largest absolute Gasteiger partial charge is 0.323 e. The zero-order chi connectivity index (χ0) is 15.5. The van der Waals surface area contributed by atoms with Gasteiger partial charge in [-0.2, -0.15) is 0 Å². The van der Waals surface area contributed by atoms with E-state index in [1.54, 1.807) is 0 Å². The molecule has 6 heteroatoms. The maximum absolute atomic E-state index is 12.1. The standard InChI is InChI=1S/C16H13N3O3/c1-8-2-9-3-10-5-16(14(21)18-15(22)19-16)6-11(10)4-12(9)17-13(8)7-20/h2-4,7H,5-6H2,1H3,(H2,18,19,21,22). The second-order valence-electron chi connectivity index (χ2n) is 5.97. The van der Waals surface area contributed by atoms with Gasteiger partial charge < -0.3 is 5.32 Å². The minimum atomic E-state index is -0.876. The number of hydrogen-bond donors (Lipinski definition) is 2. The van der Waals surface area contributed by atoms with E-state index in [1.165, 1.54) is 0 Å². The van der Waals surface area contributed by atoms with E-state index in [9.17, 15) is 14.4 Å². The predicted molar refractivity (Wildman–Crippen MR) is 78.7 cm³/mol. The maximum atomic E-state index is 12.1. The normalized spacial score (nSPS) is 22.8. The molecule has 6 nitrogen and oxygen atoms in total. The molecule has 110 valence electrons. The van der Waals surface area contributed by atoms with Gasteiger partial charge in [-0.05, 0) is 41.8 Å². The Bertz CT molecular complexity index is 875. The number of urea groups is 1. The number of benzene rings is 1. The lowest BCUT2D eigenvalue weighted by Gasteiger charge is -2.18. The predicted octanol–water partition coefficient (Wildman–Crippen LogP) is 1.03. The first-order chi connectivity index (χ1) is 10.5. The van der Waals surface area contributed by atoms with Crippen molar-refractivity contribution in [3.05, 3.63) is 40.6 Å². The molecule has 1 saturated heterocycles. The van der Waals surface area contributed by atoms with Crippen LogP contribution in [0.5, 0.6) is 0 Å². The van der Waals surface area contributed by atoms with E-state index >= 15 is 0 Å². The van der Waals surface area contributed by atoms with E-state index in [0.29, 0.717) is 18.5 Å². The van der Waals surface area contributed by atoms with E-state index in [-0.39, 0.29) is 5.91 Å². The van der Waals surface area contributed by atoms with Crippen LogP contribution in [0.4, 0.5) is 4.79 Å². The molecule has 2 aliphatic rings. The molecule has 1 fully saturated rings. The molecular weight excluding hydrogens is 282 g/mol. The molecule has 2 heterocycles. The SMILES string of the molecule is Cc1cc2cc3c(cc2nc1C=O)CC1(C3)NC(=O)NC1=O. The number of nitrogens with one attached hydrogen (secondary N) is 2. The maximum Gasteiger partial charge on any atom is 0.322 e. The van der Waals surface area contributed by atoms with Gasteiger partial charge in [-0.1, -0.05) is 0 Å². The number of amides is 3. The highest BCUT2D eigenvalue weighted by molar-refractivity contribution is 6.08. The summed E-state index contributed by atoms with van der Waals surface area (Å²) in [4.78, 5) is 38.9. The molecular formula is C16H13N3O3. The summed E-state index contributed by atoms with van der Waals surface area (Å²) in [5.74, 6) is -0.282. The van der Waals surface area contributed by atoms with Crippen molar-refractivity contribution < 1.29 is 14.4 Å².